The molecule has 0 fully saturated rings. The van der Waals surface area contributed by atoms with Crippen LogP contribution in [0.3, 0.4) is 0 Å². The highest BCUT2D eigenvalue weighted by molar-refractivity contribution is 7.11. The lowest BCUT2D eigenvalue weighted by molar-refractivity contribution is 0.563. The van der Waals surface area contributed by atoms with E-state index in [4.69, 9.17) is 5.73 Å². The van der Waals surface area contributed by atoms with Crippen LogP contribution in [0.15, 0.2) is 30.9 Å². The summed E-state index contributed by atoms with van der Waals surface area (Å²) >= 11 is 1.43. The minimum Gasteiger partial charge on any atom is -0.382 e. The summed E-state index contributed by atoms with van der Waals surface area (Å²) in [7, 11) is 0. The SMILES string of the molecule is Nc1nsc(N2CCn3cnnc3C2)c1-c1ccncc1. The van der Waals surface area contributed by atoms with E-state index in [0.29, 0.717) is 5.82 Å². The molecule has 0 saturated heterocycles. The molecule has 0 atom stereocenters. The van der Waals surface area contributed by atoms with Crippen LogP contribution in [-0.2, 0) is 13.1 Å². The Labute approximate surface area is 125 Å². The number of rotatable bonds is 2. The Hall–Kier alpha value is -2.48. The maximum atomic E-state index is 6.07. The van der Waals surface area contributed by atoms with Crippen molar-refractivity contribution in [2.24, 2.45) is 0 Å². The standard InChI is InChI=1S/C13H13N7S/c14-12-11(9-1-3-15-4-2-9)13(21-18-12)19-5-6-20-8-16-17-10(20)7-19/h1-4,8H,5-7H2,(H2,14,18). The average molecular weight is 299 g/mol. The molecule has 4 heterocycles. The molecular formula is C13H13N7S. The van der Waals surface area contributed by atoms with E-state index in [2.05, 4.69) is 29.0 Å². The molecule has 0 amide bonds. The lowest BCUT2D eigenvalue weighted by atomic mass is 10.1. The minimum atomic E-state index is 0.563. The second-order valence-corrected chi connectivity index (χ2v) is 5.60. The third-order valence-electron chi connectivity index (χ3n) is 3.60. The Bertz CT molecular complexity index is 764. The quantitative estimate of drug-likeness (QED) is 0.770. The van der Waals surface area contributed by atoms with Crippen molar-refractivity contribution in [3.05, 3.63) is 36.7 Å². The van der Waals surface area contributed by atoms with Crippen LogP contribution in [0.2, 0.25) is 0 Å². The molecule has 2 N–H and O–H groups in total. The van der Waals surface area contributed by atoms with E-state index in [-0.39, 0.29) is 0 Å². The summed E-state index contributed by atoms with van der Waals surface area (Å²) < 4.78 is 6.40. The topological polar surface area (TPSA) is 85.8 Å². The van der Waals surface area contributed by atoms with Gasteiger partial charge in [0.15, 0.2) is 5.82 Å². The second kappa shape index (κ2) is 4.81. The van der Waals surface area contributed by atoms with Crippen molar-refractivity contribution in [2.75, 3.05) is 17.2 Å². The molecule has 8 heteroatoms. The molecule has 0 radical (unpaired) electrons. The highest BCUT2D eigenvalue weighted by Gasteiger charge is 2.24. The predicted octanol–water partition coefficient (Wildman–Crippen LogP) is 1.40. The van der Waals surface area contributed by atoms with E-state index in [1.165, 1.54) is 11.5 Å². The highest BCUT2D eigenvalue weighted by atomic mass is 32.1. The second-order valence-electron chi connectivity index (χ2n) is 4.85. The van der Waals surface area contributed by atoms with Gasteiger partial charge in [-0.15, -0.1) is 10.2 Å². The molecule has 0 aliphatic carbocycles. The molecule has 7 nitrogen and oxygen atoms in total. The number of pyridine rings is 1. The summed E-state index contributed by atoms with van der Waals surface area (Å²) in [6, 6.07) is 3.91. The van der Waals surface area contributed by atoms with Crippen LogP contribution in [0.25, 0.3) is 11.1 Å². The Kier molecular flexibility index (Phi) is 2.81. The van der Waals surface area contributed by atoms with Crippen LogP contribution in [-0.4, -0.2) is 30.7 Å². The van der Waals surface area contributed by atoms with Gasteiger partial charge in [0.05, 0.1) is 12.1 Å². The molecule has 1 aliphatic rings. The van der Waals surface area contributed by atoms with E-state index in [9.17, 15) is 0 Å². The summed E-state index contributed by atoms with van der Waals surface area (Å²) in [5.41, 5.74) is 8.10. The first kappa shape index (κ1) is 12.3. The Morgan fingerprint density at radius 3 is 2.90 bits per heavy atom. The fourth-order valence-electron chi connectivity index (χ4n) is 2.54. The van der Waals surface area contributed by atoms with Crippen molar-refractivity contribution in [2.45, 2.75) is 13.1 Å². The number of nitrogen functional groups attached to an aromatic ring is 1. The highest BCUT2D eigenvalue weighted by Crippen LogP contribution is 2.40. The van der Waals surface area contributed by atoms with Crippen LogP contribution >= 0.6 is 11.5 Å². The van der Waals surface area contributed by atoms with Crippen molar-refractivity contribution < 1.29 is 0 Å². The van der Waals surface area contributed by atoms with Gasteiger partial charge in [-0.3, -0.25) is 4.98 Å². The first-order valence-electron chi connectivity index (χ1n) is 6.60. The molecule has 3 aromatic rings. The van der Waals surface area contributed by atoms with E-state index in [1.807, 2.05) is 12.1 Å². The summed E-state index contributed by atoms with van der Waals surface area (Å²) in [6.45, 7) is 2.49. The van der Waals surface area contributed by atoms with E-state index < -0.39 is 0 Å². The predicted molar refractivity (Wildman–Crippen MR) is 80.8 cm³/mol. The third kappa shape index (κ3) is 2.04. The van der Waals surface area contributed by atoms with Gasteiger partial charge in [-0.25, -0.2) is 0 Å². The number of anilines is 2. The van der Waals surface area contributed by atoms with Crippen molar-refractivity contribution in [1.29, 1.82) is 0 Å². The van der Waals surface area contributed by atoms with Gasteiger partial charge in [-0.1, -0.05) is 0 Å². The molecule has 3 aromatic heterocycles. The fraction of sp³-hybridized carbons (Fsp3) is 0.231. The molecule has 4 rings (SSSR count). The molecule has 0 spiro atoms. The summed E-state index contributed by atoms with van der Waals surface area (Å²) in [5, 5.41) is 9.19. The van der Waals surface area contributed by atoms with Crippen LogP contribution < -0.4 is 10.6 Å². The first-order chi connectivity index (χ1) is 10.3. The molecule has 21 heavy (non-hydrogen) atoms. The molecular weight excluding hydrogens is 286 g/mol. The van der Waals surface area contributed by atoms with Gasteiger partial charge in [0.2, 0.25) is 0 Å². The largest absolute Gasteiger partial charge is 0.382 e. The van der Waals surface area contributed by atoms with Gasteiger partial charge in [-0.05, 0) is 29.2 Å². The van der Waals surface area contributed by atoms with Gasteiger partial charge < -0.3 is 15.2 Å². The summed E-state index contributed by atoms with van der Waals surface area (Å²) in [4.78, 5) is 6.31. The number of nitrogens with zero attached hydrogens (tertiary/aromatic N) is 6. The number of hydrogen-bond donors (Lipinski definition) is 1. The number of aromatic nitrogens is 5. The van der Waals surface area contributed by atoms with E-state index in [0.717, 1.165) is 41.6 Å². The van der Waals surface area contributed by atoms with Crippen molar-refractivity contribution in [1.82, 2.24) is 24.1 Å². The normalized spacial score (nSPS) is 14.2. The van der Waals surface area contributed by atoms with Crippen molar-refractivity contribution in [3.63, 3.8) is 0 Å². The van der Waals surface area contributed by atoms with E-state index >= 15 is 0 Å². The molecule has 0 bridgehead atoms. The molecule has 0 saturated carbocycles. The maximum absolute atomic E-state index is 6.07. The molecule has 0 aromatic carbocycles. The van der Waals surface area contributed by atoms with Crippen molar-refractivity contribution in [3.8, 4) is 11.1 Å². The van der Waals surface area contributed by atoms with Gasteiger partial charge in [0.1, 0.15) is 17.1 Å². The van der Waals surface area contributed by atoms with E-state index in [1.54, 1.807) is 18.7 Å². The van der Waals surface area contributed by atoms with Crippen LogP contribution in [0.1, 0.15) is 5.82 Å². The number of hydrogen-bond acceptors (Lipinski definition) is 7. The summed E-state index contributed by atoms with van der Waals surface area (Å²) in [5.74, 6) is 1.53. The minimum absolute atomic E-state index is 0.563. The Morgan fingerprint density at radius 1 is 1.19 bits per heavy atom. The lowest BCUT2D eigenvalue weighted by Crippen LogP contribution is -2.33. The zero-order chi connectivity index (χ0) is 14.2. The summed E-state index contributed by atoms with van der Waals surface area (Å²) in [6.07, 6.45) is 5.31. The third-order valence-corrected chi connectivity index (χ3v) is 4.52. The zero-order valence-electron chi connectivity index (χ0n) is 11.2. The van der Waals surface area contributed by atoms with Gasteiger partial charge in [-0.2, -0.15) is 4.37 Å². The Morgan fingerprint density at radius 2 is 2.05 bits per heavy atom. The van der Waals surface area contributed by atoms with Gasteiger partial charge >= 0.3 is 0 Å². The maximum Gasteiger partial charge on any atom is 0.152 e. The lowest BCUT2D eigenvalue weighted by Gasteiger charge is -2.28. The number of nitrogens with two attached hydrogens (primary N) is 1. The first-order valence-corrected chi connectivity index (χ1v) is 7.37. The molecule has 0 unspecified atom stereocenters. The molecule has 106 valence electrons. The molecule has 1 aliphatic heterocycles. The van der Waals surface area contributed by atoms with Crippen molar-refractivity contribution >= 4 is 22.4 Å². The Balaban J connectivity index is 1.74. The average Bonchev–Trinajstić information content (AvgIpc) is 3.13. The monoisotopic (exact) mass is 299 g/mol. The number of fused-ring (bicyclic) bond motifs is 1. The zero-order valence-corrected chi connectivity index (χ0v) is 12.0. The van der Waals surface area contributed by atoms with Crippen LogP contribution in [0.4, 0.5) is 10.8 Å². The van der Waals surface area contributed by atoms with Crippen LogP contribution in [0.5, 0.6) is 0 Å². The van der Waals surface area contributed by atoms with Crippen LogP contribution in [0, 0.1) is 0 Å². The fourth-order valence-corrected chi connectivity index (χ4v) is 3.40. The smallest absolute Gasteiger partial charge is 0.152 e. The van der Waals surface area contributed by atoms with Gasteiger partial charge in [0.25, 0.3) is 0 Å². The van der Waals surface area contributed by atoms with Gasteiger partial charge in [0, 0.05) is 25.5 Å².